The van der Waals surface area contributed by atoms with Crippen LogP contribution < -0.4 is 11.1 Å². The van der Waals surface area contributed by atoms with Gasteiger partial charge in [-0.05, 0) is 50.0 Å². The number of nitrogens with one attached hydrogen (secondary N) is 1. The van der Waals surface area contributed by atoms with E-state index in [9.17, 15) is 4.79 Å². The van der Waals surface area contributed by atoms with Crippen molar-refractivity contribution < 1.29 is 4.79 Å². The molecule has 1 heterocycles. The summed E-state index contributed by atoms with van der Waals surface area (Å²) in [4.78, 5) is 13.9. The lowest BCUT2D eigenvalue weighted by Gasteiger charge is -2.31. The fourth-order valence-corrected chi connectivity index (χ4v) is 2.58. The van der Waals surface area contributed by atoms with Crippen molar-refractivity contribution in [2.45, 2.75) is 39.0 Å². The molecule has 0 radical (unpaired) electrons. The highest BCUT2D eigenvalue weighted by molar-refractivity contribution is 5.74. The van der Waals surface area contributed by atoms with Crippen LogP contribution in [0.2, 0.25) is 0 Å². The highest BCUT2D eigenvalue weighted by atomic mass is 16.2. The number of hydrogen-bond acceptors (Lipinski definition) is 2. The van der Waals surface area contributed by atoms with Crippen LogP contribution in [0.3, 0.4) is 0 Å². The number of urea groups is 1. The minimum absolute atomic E-state index is 0.125. The maximum atomic E-state index is 12.0. The fourth-order valence-electron chi connectivity index (χ4n) is 2.58. The summed E-state index contributed by atoms with van der Waals surface area (Å²) >= 11 is 0. The second-order valence-electron chi connectivity index (χ2n) is 5.87. The number of amides is 2. The maximum absolute atomic E-state index is 12.0. The van der Waals surface area contributed by atoms with Crippen LogP contribution in [0.4, 0.5) is 4.79 Å². The summed E-state index contributed by atoms with van der Waals surface area (Å²) in [7, 11) is 0. The first-order valence-electron chi connectivity index (χ1n) is 6.88. The molecule has 3 N–H and O–H groups in total. The number of piperidine rings is 1. The van der Waals surface area contributed by atoms with Crippen LogP contribution in [0.15, 0.2) is 0 Å². The summed E-state index contributed by atoms with van der Waals surface area (Å²) in [6, 6.07) is 0.125. The summed E-state index contributed by atoms with van der Waals surface area (Å²) in [6.07, 6.45) is 5.77. The maximum Gasteiger partial charge on any atom is 0.317 e. The van der Waals surface area contributed by atoms with E-state index >= 15 is 0 Å². The number of nitrogens with zero attached hydrogens (tertiary/aromatic N) is 1. The number of carbonyl (C=O) groups is 1. The lowest BCUT2D eigenvalue weighted by atomic mass is 9.99. The monoisotopic (exact) mass is 239 g/mol. The van der Waals surface area contributed by atoms with Crippen molar-refractivity contribution in [3.8, 4) is 0 Å². The molecule has 2 fully saturated rings. The van der Waals surface area contributed by atoms with Gasteiger partial charge in [0.15, 0.2) is 0 Å². The Balaban J connectivity index is 1.70. The zero-order chi connectivity index (χ0) is 12.3. The van der Waals surface area contributed by atoms with Crippen molar-refractivity contribution in [2.24, 2.45) is 17.1 Å². The van der Waals surface area contributed by atoms with Gasteiger partial charge in [0, 0.05) is 19.6 Å². The largest absolute Gasteiger partial charge is 0.337 e. The number of carbonyl (C=O) groups excluding carboxylic acids is 1. The summed E-state index contributed by atoms with van der Waals surface area (Å²) < 4.78 is 0. The Labute approximate surface area is 104 Å². The smallest absolute Gasteiger partial charge is 0.317 e. The highest BCUT2D eigenvalue weighted by Gasteiger charge is 2.41. The molecule has 98 valence electrons. The lowest BCUT2D eigenvalue weighted by Crippen LogP contribution is -2.45. The van der Waals surface area contributed by atoms with Gasteiger partial charge in [-0.3, -0.25) is 0 Å². The van der Waals surface area contributed by atoms with Crippen LogP contribution in [0, 0.1) is 11.3 Å². The summed E-state index contributed by atoms with van der Waals surface area (Å²) in [6.45, 7) is 5.63. The van der Waals surface area contributed by atoms with Crippen molar-refractivity contribution in [3.05, 3.63) is 0 Å². The Morgan fingerprint density at radius 3 is 2.59 bits per heavy atom. The summed E-state index contributed by atoms with van der Waals surface area (Å²) in [5.74, 6) is 0.770. The van der Waals surface area contributed by atoms with Gasteiger partial charge in [-0.1, -0.05) is 6.92 Å². The van der Waals surface area contributed by atoms with Gasteiger partial charge in [-0.25, -0.2) is 4.79 Å². The average molecular weight is 239 g/mol. The van der Waals surface area contributed by atoms with Gasteiger partial charge in [-0.15, -0.1) is 0 Å². The lowest BCUT2D eigenvalue weighted by molar-refractivity contribution is 0.171. The van der Waals surface area contributed by atoms with E-state index in [4.69, 9.17) is 5.73 Å². The van der Waals surface area contributed by atoms with Gasteiger partial charge >= 0.3 is 6.03 Å². The average Bonchev–Trinajstić information content (AvgIpc) is 3.08. The molecule has 2 amide bonds. The van der Waals surface area contributed by atoms with Crippen LogP contribution in [0.1, 0.15) is 39.0 Å². The Hall–Kier alpha value is -0.770. The number of hydrogen-bond donors (Lipinski definition) is 2. The molecule has 0 aromatic carbocycles. The third-order valence-electron chi connectivity index (χ3n) is 4.32. The number of likely N-dealkylation sites (tertiary alicyclic amines) is 1. The van der Waals surface area contributed by atoms with E-state index in [-0.39, 0.29) is 6.03 Å². The summed E-state index contributed by atoms with van der Waals surface area (Å²) in [5.41, 5.74) is 5.94. The molecule has 1 aliphatic heterocycles. The standard InChI is InChI=1S/C13H25N3O/c1-11-2-8-16(9-3-11)12(17)15-10-13(4-5-13)6-7-14/h11H,2-10,14H2,1H3,(H,15,17). The predicted octanol–water partition coefficient (Wildman–Crippen LogP) is 1.56. The Bertz CT molecular complexity index is 268. The molecular weight excluding hydrogens is 214 g/mol. The van der Waals surface area contributed by atoms with Crippen molar-refractivity contribution >= 4 is 6.03 Å². The molecule has 4 heteroatoms. The van der Waals surface area contributed by atoms with Crippen molar-refractivity contribution in [1.29, 1.82) is 0 Å². The van der Waals surface area contributed by atoms with Gasteiger partial charge in [0.05, 0.1) is 0 Å². The highest BCUT2D eigenvalue weighted by Crippen LogP contribution is 2.47. The fraction of sp³-hybridized carbons (Fsp3) is 0.923. The Morgan fingerprint density at radius 2 is 2.06 bits per heavy atom. The van der Waals surface area contributed by atoms with E-state index in [1.807, 2.05) is 4.90 Å². The van der Waals surface area contributed by atoms with Gasteiger partial charge in [0.2, 0.25) is 0 Å². The molecule has 1 saturated heterocycles. The molecule has 0 atom stereocenters. The van der Waals surface area contributed by atoms with Crippen LogP contribution in [-0.4, -0.2) is 37.1 Å². The van der Waals surface area contributed by atoms with Crippen LogP contribution >= 0.6 is 0 Å². The van der Waals surface area contributed by atoms with Crippen LogP contribution in [-0.2, 0) is 0 Å². The van der Waals surface area contributed by atoms with Crippen LogP contribution in [0.25, 0.3) is 0 Å². The molecule has 0 unspecified atom stereocenters. The third kappa shape index (κ3) is 3.35. The van der Waals surface area contributed by atoms with Gasteiger partial charge in [0.25, 0.3) is 0 Å². The zero-order valence-corrected chi connectivity index (χ0v) is 10.9. The van der Waals surface area contributed by atoms with Crippen molar-refractivity contribution in [1.82, 2.24) is 10.2 Å². The Kier molecular flexibility index (Phi) is 3.92. The summed E-state index contributed by atoms with van der Waals surface area (Å²) in [5, 5.41) is 3.09. The SMILES string of the molecule is CC1CCN(C(=O)NCC2(CCN)CC2)CC1. The van der Waals surface area contributed by atoms with E-state index in [2.05, 4.69) is 12.2 Å². The van der Waals surface area contributed by atoms with Gasteiger partial charge in [-0.2, -0.15) is 0 Å². The van der Waals surface area contributed by atoms with Gasteiger partial charge in [0.1, 0.15) is 0 Å². The predicted molar refractivity (Wildman–Crippen MR) is 68.7 cm³/mol. The molecule has 1 aliphatic carbocycles. The quantitative estimate of drug-likeness (QED) is 0.782. The minimum atomic E-state index is 0.125. The molecule has 4 nitrogen and oxygen atoms in total. The first kappa shape index (κ1) is 12.7. The minimum Gasteiger partial charge on any atom is -0.337 e. The number of nitrogens with two attached hydrogens (primary N) is 1. The third-order valence-corrected chi connectivity index (χ3v) is 4.32. The molecule has 0 aromatic heterocycles. The molecule has 0 spiro atoms. The molecule has 1 saturated carbocycles. The molecule has 0 bridgehead atoms. The van der Waals surface area contributed by atoms with E-state index in [0.717, 1.165) is 51.4 Å². The van der Waals surface area contributed by atoms with E-state index < -0.39 is 0 Å². The topological polar surface area (TPSA) is 58.4 Å². The first-order valence-corrected chi connectivity index (χ1v) is 6.88. The van der Waals surface area contributed by atoms with Crippen LogP contribution in [0.5, 0.6) is 0 Å². The molecule has 2 rings (SSSR count). The molecule has 17 heavy (non-hydrogen) atoms. The first-order chi connectivity index (χ1) is 8.15. The zero-order valence-electron chi connectivity index (χ0n) is 10.9. The van der Waals surface area contributed by atoms with E-state index in [1.54, 1.807) is 0 Å². The molecular formula is C13H25N3O. The second kappa shape index (κ2) is 5.25. The molecule has 2 aliphatic rings. The Morgan fingerprint density at radius 1 is 1.41 bits per heavy atom. The van der Waals surface area contributed by atoms with Crippen molar-refractivity contribution in [2.75, 3.05) is 26.2 Å². The van der Waals surface area contributed by atoms with Crippen molar-refractivity contribution in [3.63, 3.8) is 0 Å². The molecule has 0 aromatic rings. The normalized spacial score (nSPS) is 23.5. The van der Waals surface area contributed by atoms with E-state index in [1.165, 1.54) is 12.8 Å². The van der Waals surface area contributed by atoms with E-state index in [0.29, 0.717) is 5.41 Å². The second-order valence-corrected chi connectivity index (χ2v) is 5.87. The van der Waals surface area contributed by atoms with Gasteiger partial charge < -0.3 is 16.0 Å². The number of rotatable bonds is 4.